The van der Waals surface area contributed by atoms with Crippen molar-refractivity contribution in [1.29, 1.82) is 5.26 Å². The number of nitrogens with zero attached hydrogens (tertiary/aromatic N) is 2. The topological polar surface area (TPSA) is 39.1 Å². The lowest BCUT2D eigenvalue weighted by Crippen LogP contribution is -2.43. The zero-order valence-corrected chi connectivity index (χ0v) is 9.56. The van der Waals surface area contributed by atoms with Crippen molar-refractivity contribution in [3.05, 3.63) is 29.6 Å². The molecule has 0 unspecified atom stereocenters. The van der Waals surface area contributed by atoms with Crippen LogP contribution in [0.5, 0.6) is 0 Å². The maximum absolute atomic E-state index is 13.6. The van der Waals surface area contributed by atoms with Crippen LogP contribution in [-0.4, -0.2) is 26.2 Å². The Labute approximate surface area is 100 Å². The summed E-state index contributed by atoms with van der Waals surface area (Å²) >= 11 is 0. The summed E-state index contributed by atoms with van der Waals surface area (Å²) in [6, 6.07) is 6.55. The quantitative estimate of drug-likeness (QED) is 0.811. The van der Waals surface area contributed by atoms with Crippen LogP contribution >= 0.6 is 12.4 Å². The van der Waals surface area contributed by atoms with Gasteiger partial charge in [-0.05, 0) is 18.2 Å². The van der Waals surface area contributed by atoms with E-state index in [1.54, 1.807) is 12.1 Å². The maximum Gasteiger partial charge on any atom is 0.147 e. The summed E-state index contributed by atoms with van der Waals surface area (Å²) in [5.74, 6) is -0.309. The van der Waals surface area contributed by atoms with E-state index in [4.69, 9.17) is 5.26 Å². The van der Waals surface area contributed by atoms with E-state index >= 15 is 0 Å². The Hall–Kier alpha value is -1.31. The van der Waals surface area contributed by atoms with Crippen molar-refractivity contribution in [2.75, 3.05) is 31.1 Å². The Morgan fingerprint density at radius 2 is 2.00 bits per heavy atom. The van der Waals surface area contributed by atoms with E-state index in [0.29, 0.717) is 11.3 Å². The normalized spacial score (nSPS) is 15.1. The third kappa shape index (κ3) is 2.63. The first-order valence-corrected chi connectivity index (χ1v) is 4.96. The molecule has 16 heavy (non-hydrogen) atoms. The van der Waals surface area contributed by atoms with Gasteiger partial charge in [0.1, 0.15) is 5.82 Å². The SMILES string of the molecule is Cl.N#Cc1ccc(N2CCNCC2)c(F)c1. The smallest absolute Gasteiger partial charge is 0.147 e. The van der Waals surface area contributed by atoms with Crippen LogP contribution in [0.4, 0.5) is 10.1 Å². The van der Waals surface area contributed by atoms with E-state index < -0.39 is 0 Å². The Kier molecular flexibility index (Phi) is 4.53. The summed E-state index contributed by atoms with van der Waals surface area (Å²) in [5.41, 5.74) is 0.960. The molecule has 1 aliphatic heterocycles. The molecular weight excluding hydrogens is 229 g/mol. The zero-order valence-electron chi connectivity index (χ0n) is 8.74. The van der Waals surface area contributed by atoms with Crippen LogP contribution in [0.2, 0.25) is 0 Å². The molecular formula is C11H13ClFN3. The average molecular weight is 242 g/mol. The van der Waals surface area contributed by atoms with Crippen LogP contribution in [0.15, 0.2) is 18.2 Å². The van der Waals surface area contributed by atoms with Gasteiger partial charge in [-0.1, -0.05) is 0 Å². The molecule has 0 radical (unpaired) electrons. The van der Waals surface area contributed by atoms with Gasteiger partial charge in [-0.15, -0.1) is 12.4 Å². The van der Waals surface area contributed by atoms with Gasteiger partial charge >= 0.3 is 0 Å². The van der Waals surface area contributed by atoms with Crippen LogP contribution in [-0.2, 0) is 0 Å². The average Bonchev–Trinajstić information content (AvgIpc) is 2.30. The van der Waals surface area contributed by atoms with Crippen molar-refractivity contribution in [1.82, 2.24) is 5.32 Å². The molecule has 1 aromatic rings. The largest absolute Gasteiger partial charge is 0.367 e. The molecule has 1 fully saturated rings. The molecule has 1 N–H and O–H groups in total. The van der Waals surface area contributed by atoms with Crippen molar-refractivity contribution in [3.63, 3.8) is 0 Å². The molecule has 1 heterocycles. The number of halogens is 2. The van der Waals surface area contributed by atoms with Gasteiger partial charge in [-0.2, -0.15) is 5.26 Å². The highest BCUT2D eigenvalue weighted by molar-refractivity contribution is 5.85. The van der Waals surface area contributed by atoms with Crippen molar-refractivity contribution in [2.24, 2.45) is 0 Å². The molecule has 0 bridgehead atoms. The molecule has 86 valence electrons. The van der Waals surface area contributed by atoms with E-state index in [-0.39, 0.29) is 18.2 Å². The number of benzene rings is 1. The van der Waals surface area contributed by atoms with Gasteiger partial charge in [0.05, 0.1) is 17.3 Å². The summed E-state index contributed by atoms with van der Waals surface area (Å²) < 4.78 is 13.6. The van der Waals surface area contributed by atoms with Gasteiger partial charge in [0.15, 0.2) is 0 Å². The maximum atomic E-state index is 13.6. The van der Waals surface area contributed by atoms with Gasteiger partial charge in [0.2, 0.25) is 0 Å². The molecule has 1 aromatic carbocycles. The van der Waals surface area contributed by atoms with Crippen LogP contribution in [0.25, 0.3) is 0 Å². The lowest BCUT2D eigenvalue weighted by Gasteiger charge is -2.29. The molecule has 3 nitrogen and oxygen atoms in total. The van der Waals surface area contributed by atoms with Gasteiger partial charge < -0.3 is 10.2 Å². The monoisotopic (exact) mass is 241 g/mol. The van der Waals surface area contributed by atoms with Gasteiger partial charge in [0, 0.05) is 26.2 Å². The second-order valence-corrected chi connectivity index (χ2v) is 3.52. The third-order valence-electron chi connectivity index (χ3n) is 2.53. The van der Waals surface area contributed by atoms with Crippen LogP contribution in [0.3, 0.4) is 0 Å². The van der Waals surface area contributed by atoms with E-state index in [1.165, 1.54) is 6.07 Å². The number of nitriles is 1. The summed E-state index contributed by atoms with van der Waals surface area (Å²) in [4.78, 5) is 1.99. The molecule has 2 rings (SSSR count). The van der Waals surface area contributed by atoms with E-state index in [0.717, 1.165) is 26.2 Å². The highest BCUT2D eigenvalue weighted by atomic mass is 35.5. The minimum Gasteiger partial charge on any atom is -0.367 e. The number of nitrogens with one attached hydrogen (secondary N) is 1. The molecule has 0 atom stereocenters. The van der Waals surface area contributed by atoms with E-state index in [2.05, 4.69) is 5.32 Å². The van der Waals surface area contributed by atoms with Crippen LogP contribution in [0, 0.1) is 17.1 Å². The minimum atomic E-state index is -0.309. The Balaban J connectivity index is 0.00000128. The fraction of sp³-hybridized carbons (Fsp3) is 0.364. The molecule has 1 aliphatic rings. The number of hydrogen-bond donors (Lipinski definition) is 1. The third-order valence-corrected chi connectivity index (χ3v) is 2.53. The van der Waals surface area contributed by atoms with Crippen molar-refractivity contribution < 1.29 is 4.39 Å². The number of anilines is 1. The van der Waals surface area contributed by atoms with Crippen LogP contribution in [0.1, 0.15) is 5.56 Å². The second-order valence-electron chi connectivity index (χ2n) is 3.52. The first-order chi connectivity index (χ1) is 7.31. The molecule has 0 aliphatic carbocycles. The standard InChI is InChI=1S/C11H12FN3.ClH/c12-10-7-9(8-13)1-2-11(10)15-5-3-14-4-6-15;/h1-2,7,14H,3-6H2;1H. The van der Waals surface area contributed by atoms with Gasteiger partial charge in [-0.25, -0.2) is 4.39 Å². The summed E-state index contributed by atoms with van der Waals surface area (Å²) in [7, 11) is 0. The van der Waals surface area contributed by atoms with Gasteiger partial charge in [0.25, 0.3) is 0 Å². The predicted molar refractivity (Wildman–Crippen MR) is 63.4 cm³/mol. The molecule has 1 saturated heterocycles. The van der Waals surface area contributed by atoms with E-state index in [1.807, 2.05) is 11.0 Å². The van der Waals surface area contributed by atoms with Crippen LogP contribution < -0.4 is 10.2 Å². The molecule has 0 aromatic heterocycles. The van der Waals surface area contributed by atoms with Gasteiger partial charge in [-0.3, -0.25) is 0 Å². The predicted octanol–water partition coefficient (Wildman–Crippen LogP) is 1.53. The molecule has 0 spiro atoms. The first-order valence-electron chi connectivity index (χ1n) is 4.96. The van der Waals surface area contributed by atoms with Crippen molar-refractivity contribution in [2.45, 2.75) is 0 Å². The lowest BCUT2D eigenvalue weighted by molar-refractivity contribution is 0.566. The summed E-state index contributed by atoms with van der Waals surface area (Å²) in [6.07, 6.45) is 0. The zero-order chi connectivity index (χ0) is 10.7. The fourth-order valence-electron chi connectivity index (χ4n) is 1.74. The Bertz CT molecular complexity index is 397. The molecule has 5 heteroatoms. The number of rotatable bonds is 1. The Morgan fingerprint density at radius 3 is 2.56 bits per heavy atom. The molecule has 0 amide bonds. The van der Waals surface area contributed by atoms with Crippen molar-refractivity contribution in [3.8, 4) is 6.07 Å². The molecule has 0 saturated carbocycles. The number of hydrogen-bond acceptors (Lipinski definition) is 3. The number of piperazine rings is 1. The fourth-order valence-corrected chi connectivity index (χ4v) is 1.74. The highest BCUT2D eigenvalue weighted by Crippen LogP contribution is 2.20. The first kappa shape index (κ1) is 12.8. The second kappa shape index (κ2) is 5.69. The minimum absolute atomic E-state index is 0. The highest BCUT2D eigenvalue weighted by Gasteiger charge is 2.14. The summed E-state index contributed by atoms with van der Waals surface area (Å²) in [5, 5.41) is 11.8. The summed E-state index contributed by atoms with van der Waals surface area (Å²) in [6.45, 7) is 3.37. The Morgan fingerprint density at radius 1 is 1.31 bits per heavy atom. The van der Waals surface area contributed by atoms with E-state index in [9.17, 15) is 4.39 Å². The lowest BCUT2D eigenvalue weighted by atomic mass is 10.2. The van der Waals surface area contributed by atoms with Crippen molar-refractivity contribution >= 4 is 18.1 Å².